The maximum atomic E-state index is 2.28. The van der Waals surface area contributed by atoms with Gasteiger partial charge in [0.25, 0.3) is 0 Å². The lowest BCUT2D eigenvalue weighted by molar-refractivity contribution is 1.04. The summed E-state index contributed by atoms with van der Waals surface area (Å²) in [5.74, 6) is 0. The first kappa shape index (κ1) is 12.3. The van der Waals surface area contributed by atoms with Crippen molar-refractivity contribution >= 4 is 11.8 Å². The summed E-state index contributed by atoms with van der Waals surface area (Å²) in [5, 5.41) is 1.07. The molecule has 2 rings (SSSR count). The highest BCUT2D eigenvalue weighted by Crippen LogP contribution is 2.39. The maximum absolute atomic E-state index is 2.28. The van der Waals surface area contributed by atoms with Crippen LogP contribution in [0.25, 0.3) is 0 Å². The number of thioether (sulfide) groups is 1. The summed E-state index contributed by atoms with van der Waals surface area (Å²) in [6, 6.07) is 21.4. The quantitative estimate of drug-likeness (QED) is 0.706. The molecule has 0 bridgehead atoms. The maximum Gasteiger partial charge on any atom is 0.0275 e. The Kier molecular flexibility index (Phi) is 4.27. The van der Waals surface area contributed by atoms with E-state index in [0.29, 0.717) is 10.5 Å². The van der Waals surface area contributed by atoms with E-state index in [4.69, 9.17) is 0 Å². The van der Waals surface area contributed by atoms with Crippen molar-refractivity contribution in [1.29, 1.82) is 0 Å². The van der Waals surface area contributed by atoms with E-state index >= 15 is 0 Å². The number of rotatable bonds is 4. The van der Waals surface area contributed by atoms with Gasteiger partial charge in [-0.1, -0.05) is 60.7 Å². The second kappa shape index (κ2) is 5.92. The zero-order chi connectivity index (χ0) is 12.1. The molecule has 0 fully saturated rings. The molecule has 0 N–H and O–H groups in total. The van der Waals surface area contributed by atoms with Gasteiger partial charge >= 0.3 is 0 Å². The molecule has 2 atom stereocenters. The van der Waals surface area contributed by atoms with Gasteiger partial charge in [0.05, 0.1) is 0 Å². The Labute approximate surface area is 108 Å². The smallest absolute Gasteiger partial charge is 0.0275 e. The molecule has 0 aromatic heterocycles. The first-order chi connectivity index (χ1) is 8.27. The molecule has 0 saturated heterocycles. The Bertz CT molecular complexity index is 392. The summed E-state index contributed by atoms with van der Waals surface area (Å²) in [4.78, 5) is 0. The highest BCUT2D eigenvalue weighted by Gasteiger charge is 2.12. The molecule has 0 heterocycles. The van der Waals surface area contributed by atoms with Gasteiger partial charge in [-0.15, -0.1) is 11.8 Å². The third-order valence-corrected chi connectivity index (χ3v) is 4.31. The molecule has 2 aromatic rings. The average molecular weight is 242 g/mol. The SMILES string of the molecule is C[C@H](S[C@H](C)c1ccccc1)c1ccccc1. The minimum absolute atomic E-state index is 0.534. The third kappa shape index (κ3) is 3.37. The summed E-state index contributed by atoms with van der Waals surface area (Å²) in [7, 11) is 0. The largest absolute Gasteiger partial charge is 0.146 e. The second-order valence-electron chi connectivity index (χ2n) is 4.24. The average Bonchev–Trinajstić information content (AvgIpc) is 2.40. The Balaban J connectivity index is 2.02. The lowest BCUT2D eigenvalue weighted by Crippen LogP contribution is -1.93. The van der Waals surface area contributed by atoms with E-state index < -0.39 is 0 Å². The Hall–Kier alpha value is -1.21. The lowest BCUT2D eigenvalue weighted by Gasteiger charge is -2.17. The van der Waals surface area contributed by atoms with Crippen molar-refractivity contribution in [2.75, 3.05) is 0 Å². The van der Waals surface area contributed by atoms with Crippen molar-refractivity contribution in [2.45, 2.75) is 24.3 Å². The van der Waals surface area contributed by atoms with E-state index in [1.54, 1.807) is 0 Å². The molecule has 0 aliphatic rings. The Morgan fingerprint density at radius 2 is 1.00 bits per heavy atom. The molecule has 2 aromatic carbocycles. The molecule has 0 aliphatic heterocycles. The predicted molar refractivity (Wildman–Crippen MR) is 77.3 cm³/mol. The molecule has 0 radical (unpaired) electrons. The van der Waals surface area contributed by atoms with Crippen LogP contribution in [0, 0.1) is 0 Å². The summed E-state index contributed by atoms with van der Waals surface area (Å²) >= 11 is 2.01. The zero-order valence-electron chi connectivity index (χ0n) is 10.3. The fourth-order valence-corrected chi connectivity index (χ4v) is 3.15. The van der Waals surface area contributed by atoms with Crippen LogP contribution in [0.15, 0.2) is 60.7 Å². The molecule has 0 saturated carbocycles. The molecular formula is C16H18S. The van der Waals surface area contributed by atoms with E-state index in [1.165, 1.54) is 11.1 Å². The molecule has 88 valence electrons. The number of hydrogen-bond donors (Lipinski definition) is 0. The van der Waals surface area contributed by atoms with E-state index in [2.05, 4.69) is 74.5 Å². The minimum atomic E-state index is 0.534. The van der Waals surface area contributed by atoms with Crippen molar-refractivity contribution in [3.8, 4) is 0 Å². The third-order valence-electron chi connectivity index (χ3n) is 2.95. The molecule has 0 nitrogen and oxygen atoms in total. The fourth-order valence-electron chi connectivity index (χ4n) is 1.91. The first-order valence-corrected chi connectivity index (χ1v) is 6.97. The Morgan fingerprint density at radius 3 is 1.35 bits per heavy atom. The van der Waals surface area contributed by atoms with E-state index in [-0.39, 0.29) is 0 Å². The van der Waals surface area contributed by atoms with Gasteiger partial charge in [-0.3, -0.25) is 0 Å². The van der Waals surface area contributed by atoms with Crippen LogP contribution < -0.4 is 0 Å². The fraction of sp³-hybridized carbons (Fsp3) is 0.250. The summed E-state index contributed by atoms with van der Waals surface area (Å²) in [5.41, 5.74) is 2.81. The van der Waals surface area contributed by atoms with E-state index in [1.807, 2.05) is 11.8 Å². The van der Waals surface area contributed by atoms with Crippen LogP contribution in [-0.2, 0) is 0 Å². The number of benzene rings is 2. The lowest BCUT2D eigenvalue weighted by atomic mass is 10.2. The monoisotopic (exact) mass is 242 g/mol. The van der Waals surface area contributed by atoms with Crippen molar-refractivity contribution in [3.63, 3.8) is 0 Å². The van der Waals surface area contributed by atoms with Crippen LogP contribution >= 0.6 is 11.8 Å². The zero-order valence-corrected chi connectivity index (χ0v) is 11.2. The van der Waals surface area contributed by atoms with Crippen molar-refractivity contribution in [2.24, 2.45) is 0 Å². The topological polar surface area (TPSA) is 0 Å². The van der Waals surface area contributed by atoms with Gasteiger partial charge in [0.15, 0.2) is 0 Å². The molecule has 17 heavy (non-hydrogen) atoms. The molecule has 0 spiro atoms. The highest BCUT2D eigenvalue weighted by molar-refractivity contribution is 7.99. The number of hydrogen-bond acceptors (Lipinski definition) is 1. The molecular weight excluding hydrogens is 224 g/mol. The van der Waals surface area contributed by atoms with Gasteiger partial charge in [0.1, 0.15) is 0 Å². The summed E-state index contributed by atoms with van der Waals surface area (Å²) in [6.07, 6.45) is 0. The van der Waals surface area contributed by atoms with Crippen LogP contribution in [0.2, 0.25) is 0 Å². The van der Waals surface area contributed by atoms with Crippen LogP contribution in [0.3, 0.4) is 0 Å². The molecule has 0 amide bonds. The van der Waals surface area contributed by atoms with Gasteiger partial charge in [-0.2, -0.15) is 0 Å². The van der Waals surface area contributed by atoms with Gasteiger partial charge in [0.2, 0.25) is 0 Å². The summed E-state index contributed by atoms with van der Waals surface area (Å²) in [6.45, 7) is 4.55. The van der Waals surface area contributed by atoms with E-state index in [9.17, 15) is 0 Å². The van der Waals surface area contributed by atoms with Gasteiger partial charge < -0.3 is 0 Å². The van der Waals surface area contributed by atoms with Crippen LogP contribution in [-0.4, -0.2) is 0 Å². The van der Waals surface area contributed by atoms with Crippen LogP contribution in [0.1, 0.15) is 35.5 Å². The molecule has 1 heteroatoms. The van der Waals surface area contributed by atoms with Crippen molar-refractivity contribution in [1.82, 2.24) is 0 Å². The first-order valence-electron chi connectivity index (χ1n) is 6.02. The summed E-state index contributed by atoms with van der Waals surface area (Å²) < 4.78 is 0. The highest BCUT2D eigenvalue weighted by atomic mass is 32.2. The molecule has 0 aliphatic carbocycles. The predicted octanol–water partition coefficient (Wildman–Crippen LogP) is 5.24. The normalized spacial score (nSPS) is 14.2. The van der Waals surface area contributed by atoms with Crippen molar-refractivity contribution in [3.05, 3.63) is 71.8 Å². The van der Waals surface area contributed by atoms with Crippen LogP contribution in [0.4, 0.5) is 0 Å². The second-order valence-corrected chi connectivity index (χ2v) is 5.93. The van der Waals surface area contributed by atoms with Gasteiger partial charge in [-0.25, -0.2) is 0 Å². The van der Waals surface area contributed by atoms with Crippen LogP contribution in [0.5, 0.6) is 0 Å². The van der Waals surface area contributed by atoms with E-state index in [0.717, 1.165) is 0 Å². The Morgan fingerprint density at radius 1 is 0.647 bits per heavy atom. The van der Waals surface area contributed by atoms with Gasteiger partial charge in [-0.05, 0) is 25.0 Å². The van der Waals surface area contributed by atoms with Gasteiger partial charge in [0, 0.05) is 10.5 Å². The van der Waals surface area contributed by atoms with Crippen molar-refractivity contribution < 1.29 is 0 Å². The minimum Gasteiger partial charge on any atom is -0.146 e. The standard InChI is InChI=1S/C16H18S/c1-13(15-9-5-3-6-10-15)17-14(2)16-11-7-4-8-12-16/h3-14H,1-2H3/t13-,14+. The molecule has 0 unspecified atom stereocenters.